The van der Waals surface area contributed by atoms with Crippen molar-refractivity contribution < 1.29 is 27.1 Å². The van der Waals surface area contributed by atoms with Crippen molar-refractivity contribution in [3.63, 3.8) is 0 Å². The summed E-state index contributed by atoms with van der Waals surface area (Å²) in [5, 5.41) is 2.82. The summed E-state index contributed by atoms with van der Waals surface area (Å²) in [5.74, 6) is 0.00911. The molecule has 1 amide bonds. The number of nitrogens with one attached hydrogen (secondary N) is 1. The average Bonchev–Trinajstić information content (AvgIpc) is 2.82. The molecule has 0 saturated heterocycles. The van der Waals surface area contributed by atoms with Gasteiger partial charge in [-0.3, -0.25) is 9.10 Å². The van der Waals surface area contributed by atoms with Crippen LogP contribution in [0.2, 0.25) is 0 Å². The van der Waals surface area contributed by atoms with Crippen molar-refractivity contribution in [1.82, 2.24) is 5.32 Å². The van der Waals surface area contributed by atoms with Gasteiger partial charge in [0, 0.05) is 0 Å². The van der Waals surface area contributed by atoms with Crippen LogP contribution in [0.4, 0.5) is 10.1 Å². The molecule has 1 N–H and O–H groups in total. The maximum atomic E-state index is 13.3. The first-order chi connectivity index (χ1) is 15.8. The maximum absolute atomic E-state index is 13.3. The van der Waals surface area contributed by atoms with Crippen LogP contribution >= 0.6 is 0 Å². The van der Waals surface area contributed by atoms with E-state index in [0.717, 1.165) is 22.0 Å². The third-order valence-corrected chi connectivity index (χ3v) is 6.81. The highest BCUT2D eigenvalue weighted by molar-refractivity contribution is 7.92. The Balaban J connectivity index is 1.84. The average molecular weight is 473 g/mol. The Morgan fingerprint density at radius 3 is 2.21 bits per heavy atom. The number of rotatable bonds is 9. The smallest absolute Gasteiger partial charge is 0.264 e. The molecule has 174 valence electrons. The molecule has 0 aromatic heterocycles. The van der Waals surface area contributed by atoms with Crippen LogP contribution in [-0.4, -0.2) is 35.1 Å². The summed E-state index contributed by atoms with van der Waals surface area (Å²) < 4.78 is 51.4. The standard InChI is InChI=1S/C24H25FN2O5S/c1-17(18-9-14-22(31-2)23(15-18)32-3)26-24(28)16-27(20-7-5-4-6-8-20)33(29,30)21-12-10-19(25)11-13-21/h4-15,17H,16H2,1-3H3,(H,26,28)/t17-/m1/s1. The predicted octanol–water partition coefficient (Wildman–Crippen LogP) is 3.92. The van der Waals surface area contributed by atoms with Crippen molar-refractivity contribution in [2.45, 2.75) is 17.9 Å². The number of sulfonamides is 1. The van der Waals surface area contributed by atoms with Crippen molar-refractivity contribution in [1.29, 1.82) is 0 Å². The second kappa shape index (κ2) is 10.4. The Morgan fingerprint density at radius 2 is 1.61 bits per heavy atom. The van der Waals surface area contributed by atoms with Gasteiger partial charge in [-0.15, -0.1) is 0 Å². The molecule has 0 fully saturated rings. The largest absolute Gasteiger partial charge is 0.493 e. The second-order valence-electron chi connectivity index (χ2n) is 7.20. The quantitative estimate of drug-likeness (QED) is 0.510. The summed E-state index contributed by atoms with van der Waals surface area (Å²) in [7, 11) is -1.07. The molecule has 0 unspecified atom stereocenters. The molecule has 0 aliphatic carbocycles. The lowest BCUT2D eigenvalue weighted by molar-refractivity contribution is -0.120. The Bertz CT molecular complexity index is 1200. The number of ether oxygens (including phenoxy) is 2. The summed E-state index contributed by atoms with van der Waals surface area (Å²) in [6, 6.07) is 17.6. The molecule has 0 aliphatic rings. The van der Waals surface area contributed by atoms with Crippen LogP contribution in [0.25, 0.3) is 0 Å². The topological polar surface area (TPSA) is 84.9 Å². The van der Waals surface area contributed by atoms with E-state index in [9.17, 15) is 17.6 Å². The molecule has 0 spiro atoms. The summed E-state index contributed by atoms with van der Waals surface area (Å²) in [6.45, 7) is 1.32. The Kier molecular flexibility index (Phi) is 7.55. The highest BCUT2D eigenvalue weighted by Crippen LogP contribution is 2.30. The van der Waals surface area contributed by atoms with E-state index in [1.807, 2.05) is 0 Å². The molecule has 0 aliphatic heterocycles. The molecular formula is C24H25FN2O5S. The van der Waals surface area contributed by atoms with Gasteiger partial charge in [-0.2, -0.15) is 0 Å². The van der Waals surface area contributed by atoms with Gasteiger partial charge in [0.15, 0.2) is 11.5 Å². The van der Waals surface area contributed by atoms with Crippen LogP contribution in [0, 0.1) is 5.82 Å². The van der Waals surface area contributed by atoms with Gasteiger partial charge in [0.1, 0.15) is 12.4 Å². The summed E-state index contributed by atoms with van der Waals surface area (Å²) in [4.78, 5) is 12.8. The first kappa shape index (κ1) is 24.1. The van der Waals surface area contributed by atoms with Crippen LogP contribution in [0.15, 0.2) is 77.7 Å². The number of carbonyl (C=O) groups excluding carboxylic acids is 1. The predicted molar refractivity (Wildman–Crippen MR) is 123 cm³/mol. The van der Waals surface area contributed by atoms with Crippen molar-refractivity contribution in [3.05, 3.63) is 84.2 Å². The van der Waals surface area contributed by atoms with Crippen molar-refractivity contribution in [2.24, 2.45) is 0 Å². The normalized spacial score (nSPS) is 12.0. The first-order valence-corrected chi connectivity index (χ1v) is 11.5. The number of para-hydroxylation sites is 1. The molecule has 0 bridgehead atoms. The highest BCUT2D eigenvalue weighted by Gasteiger charge is 2.27. The minimum Gasteiger partial charge on any atom is -0.493 e. The fraction of sp³-hybridized carbons (Fsp3) is 0.208. The molecule has 33 heavy (non-hydrogen) atoms. The van der Waals surface area contributed by atoms with Gasteiger partial charge in [0.05, 0.1) is 30.8 Å². The third kappa shape index (κ3) is 5.61. The number of benzene rings is 3. The number of hydrogen-bond donors (Lipinski definition) is 1. The minimum atomic E-state index is -4.12. The van der Waals surface area contributed by atoms with Crippen LogP contribution in [-0.2, 0) is 14.8 Å². The van der Waals surface area contributed by atoms with Crippen molar-refractivity contribution >= 4 is 21.6 Å². The maximum Gasteiger partial charge on any atom is 0.264 e. The zero-order valence-electron chi connectivity index (χ0n) is 18.5. The lowest BCUT2D eigenvalue weighted by Gasteiger charge is -2.25. The monoisotopic (exact) mass is 472 g/mol. The lowest BCUT2D eigenvalue weighted by Crippen LogP contribution is -2.41. The number of anilines is 1. The molecular weight excluding hydrogens is 447 g/mol. The molecule has 3 rings (SSSR count). The molecule has 0 saturated carbocycles. The van der Waals surface area contributed by atoms with Gasteiger partial charge in [0.25, 0.3) is 10.0 Å². The number of carbonyl (C=O) groups is 1. The Labute approximate surface area is 192 Å². The molecule has 0 radical (unpaired) electrons. The zero-order chi connectivity index (χ0) is 24.0. The summed E-state index contributed by atoms with van der Waals surface area (Å²) >= 11 is 0. The van der Waals surface area contributed by atoms with Gasteiger partial charge in [-0.1, -0.05) is 24.3 Å². The van der Waals surface area contributed by atoms with Crippen LogP contribution in [0.5, 0.6) is 11.5 Å². The summed E-state index contributed by atoms with van der Waals surface area (Å²) in [6.07, 6.45) is 0. The van der Waals surface area contributed by atoms with E-state index >= 15 is 0 Å². The Hall–Kier alpha value is -3.59. The molecule has 3 aromatic carbocycles. The van der Waals surface area contributed by atoms with E-state index in [0.29, 0.717) is 17.2 Å². The molecule has 7 nitrogen and oxygen atoms in total. The SMILES string of the molecule is COc1ccc([C@@H](C)NC(=O)CN(c2ccccc2)S(=O)(=O)c2ccc(F)cc2)cc1OC. The summed E-state index contributed by atoms with van der Waals surface area (Å²) in [5.41, 5.74) is 1.07. The molecule has 0 heterocycles. The first-order valence-electron chi connectivity index (χ1n) is 10.1. The van der Waals surface area contributed by atoms with Crippen molar-refractivity contribution in [3.8, 4) is 11.5 Å². The van der Waals surface area contributed by atoms with E-state index in [1.54, 1.807) is 55.5 Å². The number of hydrogen-bond acceptors (Lipinski definition) is 5. The zero-order valence-corrected chi connectivity index (χ0v) is 19.3. The van der Waals surface area contributed by atoms with E-state index in [2.05, 4.69) is 5.32 Å². The van der Waals surface area contributed by atoms with Crippen LogP contribution in [0.1, 0.15) is 18.5 Å². The van der Waals surface area contributed by atoms with Gasteiger partial charge in [-0.05, 0) is 61.0 Å². The van der Waals surface area contributed by atoms with Crippen molar-refractivity contribution in [2.75, 3.05) is 25.1 Å². The van der Waals surface area contributed by atoms with E-state index in [4.69, 9.17) is 9.47 Å². The number of nitrogens with zero attached hydrogens (tertiary/aromatic N) is 1. The van der Waals surface area contributed by atoms with E-state index in [1.165, 1.54) is 26.4 Å². The third-order valence-electron chi connectivity index (χ3n) is 5.02. The van der Waals surface area contributed by atoms with Gasteiger partial charge in [-0.25, -0.2) is 12.8 Å². The Morgan fingerprint density at radius 1 is 0.970 bits per heavy atom. The minimum absolute atomic E-state index is 0.117. The number of halogens is 1. The fourth-order valence-corrected chi connectivity index (χ4v) is 4.69. The molecule has 3 aromatic rings. The fourth-order valence-electron chi connectivity index (χ4n) is 3.27. The van der Waals surface area contributed by atoms with Gasteiger partial charge >= 0.3 is 0 Å². The number of amides is 1. The van der Waals surface area contributed by atoms with Crippen LogP contribution < -0.4 is 19.1 Å². The molecule has 9 heteroatoms. The highest BCUT2D eigenvalue weighted by atomic mass is 32.2. The van der Waals surface area contributed by atoms with Crippen LogP contribution in [0.3, 0.4) is 0 Å². The second-order valence-corrected chi connectivity index (χ2v) is 9.07. The van der Waals surface area contributed by atoms with Gasteiger partial charge < -0.3 is 14.8 Å². The lowest BCUT2D eigenvalue weighted by atomic mass is 10.1. The van der Waals surface area contributed by atoms with Gasteiger partial charge in [0.2, 0.25) is 5.91 Å². The molecule has 1 atom stereocenters. The van der Waals surface area contributed by atoms with E-state index in [-0.39, 0.29) is 4.90 Å². The van der Waals surface area contributed by atoms with E-state index < -0.39 is 34.3 Å². The number of methoxy groups -OCH3 is 2.